The number of furan rings is 1. The van der Waals surface area contributed by atoms with Crippen LogP contribution < -0.4 is 14.9 Å². The van der Waals surface area contributed by atoms with Crippen molar-refractivity contribution in [2.75, 3.05) is 7.11 Å². The van der Waals surface area contributed by atoms with Crippen molar-refractivity contribution in [3.63, 3.8) is 0 Å². The molecule has 0 unspecified atom stereocenters. The minimum Gasteiger partial charge on any atom is -0.466 e. The molecule has 0 spiro atoms. The Morgan fingerprint density at radius 3 is 2.57 bits per heavy atom. The molecule has 1 aliphatic heterocycles. The summed E-state index contributed by atoms with van der Waals surface area (Å²) >= 11 is 1.24. The van der Waals surface area contributed by atoms with Crippen LogP contribution >= 0.6 is 11.3 Å². The van der Waals surface area contributed by atoms with E-state index in [1.165, 1.54) is 30.6 Å². The Morgan fingerprint density at radius 2 is 1.89 bits per heavy atom. The fourth-order valence-corrected chi connectivity index (χ4v) is 5.14. The fourth-order valence-electron chi connectivity index (χ4n) is 4.14. The van der Waals surface area contributed by atoms with Crippen molar-refractivity contribution >= 4 is 23.4 Å². The minimum absolute atomic E-state index is 0.279. The smallest absolute Gasteiger partial charge is 0.338 e. The summed E-state index contributed by atoms with van der Waals surface area (Å²) in [7, 11) is 1.32. The zero-order chi connectivity index (χ0) is 24.5. The first-order valence-corrected chi connectivity index (χ1v) is 11.9. The van der Waals surface area contributed by atoms with Gasteiger partial charge in [-0.2, -0.15) is 0 Å². The number of nitrogens with zero attached hydrogens (tertiary/aromatic N) is 2. The molecule has 35 heavy (non-hydrogen) atoms. The zero-order valence-electron chi connectivity index (χ0n) is 19.0. The van der Waals surface area contributed by atoms with Crippen molar-refractivity contribution in [1.29, 1.82) is 0 Å². The first-order chi connectivity index (χ1) is 17.0. The lowest BCUT2D eigenvalue weighted by Crippen LogP contribution is -2.40. The molecule has 0 N–H and O–H groups in total. The molecule has 0 fully saturated rings. The number of hydrogen-bond donors (Lipinski definition) is 0. The predicted octanol–water partition coefficient (Wildman–Crippen LogP) is 4.20. The predicted molar refractivity (Wildman–Crippen MR) is 131 cm³/mol. The number of methoxy groups -OCH3 is 1. The number of esters is 1. The zero-order valence-corrected chi connectivity index (χ0v) is 19.8. The number of halogens is 1. The minimum atomic E-state index is -0.650. The number of benzene rings is 2. The first kappa shape index (κ1) is 22.7. The van der Waals surface area contributed by atoms with Crippen molar-refractivity contribution < 1.29 is 18.3 Å². The molecule has 1 atom stereocenters. The number of rotatable bonds is 5. The molecule has 0 saturated heterocycles. The molecule has 0 bridgehead atoms. The van der Waals surface area contributed by atoms with E-state index in [2.05, 4.69) is 4.99 Å². The third-order valence-corrected chi connectivity index (χ3v) is 6.78. The van der Waals surface area contributed by atoms with Crippen molar-refractivity contribution in [3.05, 3.63) is 115 Å². The summed E-state index contributed by atoms with van der Waals surface area (Å²) in [6.45, 7) is 1.91. The topological polar surface area (TPSA) is 73.8 Å². The maximum absolute atomic E-state index is 13.6. The van der Waals surface area contributed by atoms with Gasteiger partial charge < -0.3 is 9.15 Å². The number of fused-ring (bicyclic) bond motifs is 1. The molecule has 4 aromatic rings. The van der Waals surface area contributed by atoms with Crippen LogP contribution in [0.4, 0.5) is 4.39 Å². The van der Waals surface area contributed by atoms with Crippen LogP contribution in [0.25, 0.3) is 17.4 Å². The maximum atomic E-state index is 13.6. The highest BCUT2D eigenvalue weighted by molar-refractivity contribution is 7.07. The van der Waals surface area contributed by atoms with Gasteiger partial charge in [0, 0.05) is 11.6 Å². The molecule has 0 amide bonds. The lowest BCUT2D eigenvalue weighted by molar-refractivity contribution is -0.136. The number of thiazole rings is 1. The van der Waals surface area contributed by atoms with Gasteiger partial charge in [-0.05, 0) is 48.4 Å². The Bertz CT molecular complexity index is 1610. The van der Waals surface area contributed by atoms with Gasteiger partial charge in [-0.3, -0.25) is 9.36 Å². The normalized spacial score (nSPS) is 15.6. The number of allylic oxidation sites excluding steroid dienone is 1. The molecule has 6 nitrogen and oxygen atoms in total. The first-order valence-electron chi connectivity index (χ1n) is 11.0. The molecule has 176 valence electrons. The molecule has 3 heterocycles. The van der Waals surface area contributed by atoms with Gasteiger partial charge >= 0.3 is 5.97 Å². The van der Waals surface area contributed by atoms with Gasteiger partial charge in [0.2, 0.25) is 0 Å². The van der Waals surface area contributed by atoms with E-state index in [4.69, 9.17) is 9.15 Å². The van der Waals surface area contributed by atoms with E-state index < -0.39 is 12.0 Å². The summed E-state index contributed by atoms with van der Waals surface area (Å²) in [6.07, 6.45) is 2.17. The summed E-state index contributed by atoms with van der Waals surface area (Å²) in [5, 5.41) is 0. The molecule has 0 saturated carbocycles. The number of carbonyl (C=O) groups is 1. The lowest BCUT2D eigenvalue weighted by atomic mass is 9.95. The van der Waals surface area contributed by atoms with Gasteiger partial charge in [-0.25, -0.2) is 14.2 Å². The Hall–Kier alpha value is -4.04. The van der Waals surface area contributed by atoms with Crippen LogP contribution in [-0.2, 0) is 9.53 Å². The average molecular weight is 489 g/mol. The van der Waals surface area contributed by atoms with E-state index >= 15 is 0 Å². The van der Waals surface area contributed by atoms with Gasteiger partial charge in [-0.1, -0.05) is 48.6 Å². The van der Waals surface area contributed by atoms with Crippen LogP contribution in [0.1, 0.15) is 30.7 Å². The number of ether oxygens (including phenoxy) is 1. The average Bonchev–Trinajstić information content (AvgIpc) is 3.48. The number of carbonyl (C=O) groups excluding carboxylic acids is 1. The molecule has 8 heteroatoms. The van der Waals surface area contributed by atoms with Crippen LogP contribution in [0.5, 0.6) is 0 Å². The van der Waals surface area contributed by atoms with Gasteiger partial charge in [-0.15, -0.1) is 0 Å². The molecule has 0 radical (unpaired) electrons. The van der Waals surface area contributed by atoms with Crippen LogP contribution in [-0.4, -0.2) is 17.6 Å². The third-order valence-electron chi connectivity index (χ3n) is 5.79. The second kappa shape index (κ2) is 9.31. The van der Waals surface area contributed by atoms with E-state index in [9.17, 15) is 14.0 Å². The van der Waals surface area contributed by atoms with Crippen LogP contribution in [0, 0.1) is 5.82 Å². The number of hydrogen-bond acceptors (Lipinski definition) is 6. The van der Waals surface area contributed by atoms with E-state index in [0.717, 1.165) is 11.1 Å². The van der Waals surface area contributed by atoms with Crippen molar-refractivity contribution in [2.45, 2.75) is 19.4 Å². The highest BCUT2D eigenvalue weighted by Gasteiger charge is 2.33. The Balaban J connectivity index is 1.65. The Kier molecular flexibility index (Phi) is 6.05. The monoisotopic (exact) mass is 488 g/mol. The van der Waals surface area contributed by atoms with Crippen LogP contribution in [0.2, 0.25) is 0 Å². The van der Waals surface area contributed by atoms with Gasteiger partial charge in [0.25, 0.3) is 5.56 Å². The SMILES string of the molecule is CCC1=C(C(=O)OC)[C@H](c2ccccc2)n2c(s/c(=C\c3ccc(-c4ccc(F)cc4)o3)c2=O)=N1. The second-order valence-electron chi connectivity index (χ2n) is 7.91. The number of aromatic nitrogens is 1. The summed E-state index contributed by atoms with van der Waals surface area (Å²) < 4.78 is 26.2. The summed E-state index contributed by atoms with van der Waals surface area (Å²) in [5.41, 5.74) is 2.19. The van der Waals surface area contributed by atoms with Crippen molar-refractivity contribution in [2.24, 2.45) is 4.99 Å². The molecule has 2 aromatic heterocycles. The van der Waals surface area contributed by atoms with Crippen LogP contribution in [0.15, 0.2) is 92.2 Å². The standard InChI is InChI=1S/C27H21FN2O4S/c1-3-20-23(26(32)33-2)24(17-7-5-4-6-8-17)30-25(31)22(35-27(30)29-20)15-19-13-14-21(34-19)16-9-11-18(28)12-10-16/h4-15,24H,3H2,1-2H3/b22-15-/t24-/m0/s1. The third kappa shape index (κ3) is 4.17. The quantitative estimate of drug-likeness (QED) is 0.395. The summed E-state index contributed by atoms with van der Waals surface area (Å²) in [5.74, 6) is 0.206. The maximum Gasteiger partial charge on any atom is 0.338 e. The van der Waals surface area contributed by atoms with E-state index in [1.807, 2.05) is 37.3 Å². The highest BCUT2D eigenvalue weighted by atomic mass is 32.1. The Morgan fingerprint density at radius 1 is 1.14 bits per heavy atom. The van der Waals surface area contributed by atoms with Gasteiger partial charge in [0.1, 0.15) is 17.3 Å². The highest BCUT2D eigenvalue weighted by Crippen LogP contribution is 2.31. The van der Waals surface area contributed by atoms with Gasteiger partial charge in [0.05, 0.1) is 29.0 Å². The van der Waals surface area contributed by atoms with Crippen molar-refractivity contribution in [3.8, 4) is 11.3 Å². The summed E-state index contributed by atoms with van der Waals surface area (Å²) in [4.78, 5) is 31.5. The summed E-state index contributed by atoms with van der Waals surface area (Å²) in [6, 6.07) is 18.2. The van der Waals surface area contributed by atoms with Crippen LogP contribution in [0.3, 0.4) is 0 Å². The lowest BCUT2D eigenvalue weighted by Gasteiger charge is -2.25. The molecule has 1 aliphatic rings. The molecule has 0 aliphatic carbocycles. The van der Waals surface area contributed by atoms with Gasteiger partial charge in [0.15, 0.2) is 4.80 Å². The molecule has 2 aromatic carbocycles. The van der Waals surface area contributed by atoms with E-state index in [0.29, 0.717) is 38.5 Å². The second-order valence-corrected chi connectivity index (χ2v) is 8.92. The largest absolute Gasteiger partial charge is 0.466 e. The van der Waals surface area contributed by atoms with E-state index in [-0.39, 0.29) is 11.4 Å². The molecule has 5 rings (SSSR count). The molecular formula is C27H21FN2O4S. The molecular weight excluding hydrogens is 467 g/mol. The van der Waals surface area contributed by atoms with E-state index in [1.54, 1.807) is 34.9 Å². The Labute approximate surface area is 203 Å². The van der Waals surface area contributed by atoms with Crippen molar-refractivity contribution in [1.82, 2.24) is 4.57 Å². The fraction of sp³-hybridized carbons (Fsp3) is 0.148.